The number of alkyl halides is 1. The molecule has 1 aromatic rings. The molecule has 4 N–H and O–H groups in total. The quantitative estimate of drug-likeness (QED) is 0.347. The van der Waals surface area contributed by atoms with Crippen LogP contribution in [0.1, 0.15) is 5.56 Å². The zero-order valence-corrected chi connectivity index (χ0v) is 11.4. The minimum atomic E-state index is -3.34. The van der Waals surface area contributed by atoms with Gasteiger partial charge in [0.1, 0.15) is 5.69 Å². The molecule has 0 aromatic heterocycles. The number of allylic oxidation sites excluding steroid dienone is 2. The third-order valence-electron chi connectivity index (χ3n) is 3.63. The number of hydrogen-bond donors (Lipinski definition) is 2. The fraction of sp³-hybridized carbons (Fsp3) is 0.167. The maximum absolute atomic E-state index is 14.6. The summed E-state index contributed by atoms with van der Waals surface area (Å²) >= 11 is -0.339. The number of nitrogens with two attached hydrogens (primary N) is 2. The maximum Gasteiger partial charge on any atom is 0.225 e. The molecule has 0 spiro atoms. The molecule has 1 aliphatic heterocycles. The molecule has 0 radical (unpaired) electrons. The fourth-order valence-corrected chi connectivity index (χ4v) is 3.74. The zero-order chi connectivity index (χ0) is 17.5. The molecule has 124 valence electrons. The fourth-order valence-electron chi connectivity index (χ4n) is 2.41. The average molecular weight is 360 g/mol. The molecule has 2 atom stereocenters. The average Bonchev–Trinajstić information content (AvgIpc) is 3.16. The van der Waals surface area contributed by atoms with E-state index in [1.807, 2.05) is 0 Å². The Balaban J connectivity index is 2.39. The predicted octanol–water partition coefficient (Wildman–Crippen LogP) is 3.74. The van der Waals surface area contributed by atoms with Gasteiger partial charge in [-0.1, -0.05) is 11.8 Å². The molecule has 0 amide bonds. The Morgan fingerprint density at radius 2 is 1.22 bits per heavy atom. The largest absolute Gasteiger partial charge is 0.396 e. The lowest BCUT2D eigenvalue weighted by atomic mass is 9.86. The summed E-state index contributed by atoms with van der Waals surface area (Å²) < 4.78 is 107. The van der Waals surface area contributed by atoms with E-state index < -0.39 is 67.4 Å². The normalized spacial score (nSPS) is 29.9. The van der Waals surface area contributed by atoms with Crippen LogP contribution in [0.5, 0.6) is 0 Å². The first-order chi connectivity index (χ1) is 10.5. The maximum atomic E-state index is 14.6. The van der Waals surface area contributed by atoms with Gasteiger partial charge in [-0.15, -0.1) is 0 Å². The molecule has 1 saturated heterocycles. The van der Waals surface area contributed by atoms with E-state index in [0.29, 0.717) is 0 Å². The van der Waals surface area contributed by atoms with E-state index in [2.05, 4.69) is 0 Å². The van der Waals surface area contributed by atoms with Crippen molar-refractivity contribution in [3.8, 4) is 0 Å². The van der Waals surface area contributed by atoms with Gasteiger partial charge in [-0.25, -0.2) is 35.1 Å². The minimum Gasteiger partial charge on any atom is -0.396 e. The van der Waals surface area contributed by atoms with Gasteiger partial charge in [0.25, 0.3) is 0 Å². The van der Waals surface area contributed by atoms with Crippen LogP contribution >= 0.6 is 11.8 Å². The smallest absolute Gasteiger partial charge is 0.225 e. The van der Waals surface area contributed by atoms with Crippen molar-refractivity contribution >= 4 is 17.4 Å². The van der Waals surface area contributed by atoms with Gasteiger partial charge in [0.2, 0.25) is 5.00 Å². The third-order valence-corrected chi connectivity index (χ3v) is 5.21. The van der Waals surface area contributed by atoms with Gasteiger partial charge in [0.05, 0.1) is 11.3 Å². The molecule has 11 heteroatoms. The Bertz CT molecular complexity index is 806. The molecule has 2 aliphatic rings. The molecule has 2 nitrogen and oxygen atoms in total. The number of benzene rings is 1. The molecular weight excluding hydrogens is 356 g/mol. The van der Waals surface area contributed by atoms with Crippen molar-refractivity contribution in [1.29, 1.82) is 0 Å². The highest BCUT2D eigenvalue weighted by Crippen LogP contribution is 2.80. The van der Waals surface area contributed by atoms with Crippen LogP contribution in [0.25, 0.3) is 0 Å². The summed E-state index contributed by atoms with van der Waals surface area (Å²) in [7, 11) is 0. The Morgan fingerprint density at radius 3 is 1.70 bits per heavy atom. The summed E-state index contributed by atoms with van der Waals surface area (Å²) in [5, 5.41) is -3.34. The van der Waals surface area contributed by atoms with Gasteiger partial charge < -0.3 is 11.5 Å². The van der Waals surface area contributed by atoms with Crippen molar-refractivity contribution in [3.05, 3.63) is 52.0 Å². The van der Waals surface area contributed by atoms with Crippen LogP contribution in [0.3, 0.4) is 0 Å². The second-order valence-corrected chi connectivity index (χ2v) is 6.16. The first-order valence-corrected chi connectivity index (χ1v) is 6.56. The van der Waals surface area contributed by atoms with E-state index in [0.717, 1.165) is 0 Å². The van der Waals surface area contributed by atoms with Crippen molar-refractivity contribution in [3.63, 3.8) is 0 Å². The van der Waals surface area contributed by atoms with Crippen molar-refractivity contribution in [2.45, 2.75) is 9.75 Å². The van der Waals surface area contributed by atoms with E-state index in [-0.39, 0.29) is 11.8 Å². The summed E-state index contributed by atoms with van der Waals surface area (Å²) in [6, 6.07) is 0. The molecular formula is C12H4F8N2S. The first-order valence-electron chi connectivity index (χ1n) is 5.75. The summed E-state index contributed by atoms with van der Waals surface area (Å²) in [5.74, 6) is -15.4. The summed E-state index contributed by atoms with van der Waals surface area (Å²) in [4.78, 5) is 0. The lowest BCUT2D eigenvalue weighted by Crippen LogP contribution is -2.33. The summed E-state index contributed by atoms with van der Waals surface area (Å²) in [6.45, 7) is 0. The molecule has 1 heterocycles. The molecule has 23 heavy (non-hydrogen) atoms. The molecule has 1 aliphatic carbocycles. The lowest BCUT2D eigenvalue weighted by Gasteiger charge is -2.23. The van der Waals surface area contributed by atoms with Crippen LogP contribution in [-0.4, -0.2) is 5.00 Å². The number of hydrogen-bond acceptors (Lipinski definition) is 3. The van der Waals surface area contributed by atoms with E-state index in [4.69, 9.17) is 11.5 Å². The van der Waals surface area contributed by atoms with E-state index in [9.17, 15) is 35.1 Å². The highest BCUT2D eigenvalue weighted by molar-refractivity contribution is 8.09. The highest BCUT2D eigenvalue weighted by atomic mass is 32.2. The molecule has 3 rings (SSSR count). The molecule has 0 bridgehead atoms. The first kappa shape index (κ1) is 16.0. The number of nitrogen functional groups attached to an aromatic ring is 1. The topological polar surface area (TPSA) is 52.0 Å². The molecule has 1 fully saturated rings. The van der Waals surface area contributed by atoms with Crippen molar-refractivity contribution in [1.82, 2.24) is 0 Å². The number of rotatable bonds is 1. The third kappa shape index (κ3) is 1.55. The molecule has 2 unspecified atom stereocenters. The molecule has 1 aromatic carbocycles. The van der Waals surface area contributed by atoms with E-state index in [1.165, 1.54) is 0 Å². The van der Waals surface area contributed by atoms with Crippen LogP contribution in [0.2, 0.25) is 0 Å². The van der Waals surface area contributed by atoms with Crippen molar-refractivity contribution < 1.29 is 35.1 Å². The van der Waals surface area contributed by atoms with Gasteiger partial charge >= 0.3 is 0 Å². The predicted molar refractivity (Wildman–Crippen MR) is 65.4 cm³/mol. The van der Waals surface area contributed by atoms with Crippen molar-refractivity contribution in [2.24, 2.45) is 5.73 Å². The number of thioether (sulfide) groups is 1. The number of fused-ring (bicyclic) bond motifs is 1. The standard InChI is InChI=1S/C12H4F8N2S/c13-2-1(3(14)5(16)8(21)4(2)15)11-9(19)6(17)7(18)10(22)12(11,20)23-11/h21-22H2. The van der Waals surface area contributed by atoms with Crippen LogP contribution < -0.4 is 11.5 Å². The van der Waals surface area contributed by atoms with Crippen molar-refractivity contribution in [2.75, 3.05) is 5.73 Å². The van der Waals surface area contributed by atoms with Gasteiger partial charge in [0.15, 0.2) is 45.5 Å². The van der Waals surface area contributed by atoms with Gasteiger partial charge in [-0.2, -0.15) is 0 Å². The Kier molecular flexibility index (Phi) is 3.01. The van der Waals surface area contributed by atoms with Gasteiger partial charge in [-0.3, -0.25) is 0 Å². The second kappa shape index (κ2) is 4.34. The highest BCUT2D eigenvalue weighted by Gasteiger charge is 2.81. The van der Waals surface area contributed by atoms with E-state index >= 15 is 0 Å². The Morgan fingerprint density at radius 1 is 0.739 bits per heavy atom. The van der Waals surface area contributed by atoms with E-state index in [1.54, 1.807) is 0 Å². The van der Waals surface area contributed by atoms with Gasteiger partial charge in [-0.05, 0) is 0 Å². The lowest BCUT2D eigenvalue weighted by molar-refractivity contribution is 0.272. The van der Waals surface area contributed by atoms with Crippen LogP contribution in [0.4, 0.5) is 40.8 Å². The van der Waals surface area contributed by atoms with Gasteiger partial charge in [0, 0.05) is 0 Å². The van der Waals surface area contributed by atoms with Crippen LogP contribution in [0.15, 0.2) is 23.2 Å². The summed E-state index contributed by atoms with van der Waals surface area (Å²) in [5.41, 5.74) is 4.91. The Labute approximate surface area is 126 Å². The number of halogens is 8. The second-order valence-electron chi connectivity index (χ2n) is 4.78. The Hall–Kier alpha value is -1.91. The summed E-state index contributed by atoms with van der Waals surface area (Å²) in [6.07, 6.45) is 0. The van der Waals surface area contributed by atoms with Crippen LogP contribution in [0, 0.1) is 23.3 Å². The molecule has 0 saturated carbocycles. The zero-order valence-electron chi connectivity index (χ0n) is 10.6. The minimum absolute atomic E-state index is 0.339. The monoisotopic (exact) mass is 360 g/mol. The SMILES string of the molecule is NC1=C(F)C(F)=C(F)C2(c3c(F)c(F)c(N)c(F)c3F)SC12F. The number of anilines is 1. The van der Waals surface area contributed by atoms with Crippen LogP contribution in [-0.2, 0) is 4.75 Å².